The SMILES string of the molecule is C/C(=N\NC(=O)c1ccncc1)c1sc(-n2nc(-c3ccccc3)cc2-c2ccccc2)nc1C. The summed E-state index contributed by atoms with van der Waals surface area (Å²) in [4.78, 5) is 22.0. The number of benzene rings is 2. The fraction of sp³-hybridized carbons (Fsp3) is 0.0741. The van der Waals surface area contributed by atoms with Crippen LogP contribution in [0.15, 0.2) is 96.4 Å². The lowest BCUT2D eigenvalue weighted by Crippen LogP contribution is -2.19. The van der Waals surface area contributed by atoms with Gasteiger partial charge < -0.3 is 0 Å². The Balaban J connectivity index is 1.50. The first-order valence-electron chi connectivity index (χ1n) is 11.0. The van der Waals surface area contributed by atoms with E-state index in [-0.39, 0.29) is 5.91 Å². The lowest BCUT2D eigenvalue weighted by molar-refractivity contribution is 0.0954. The second-order valence-corrected chi connectivity index (χ2v) is 8.82. The molecule has 0 spiro atoms. The van der Waals surface area contributed by atoms with Crippen molar-refractivity contribution >= 4 is 23.0 Å². The number of aryl methyl sites for hydroxylation is 1. The normalized spacial score (nSPS) is 11.4. The number of carbonyl (C=O) groups excluding carboxylic acids is 1. The molecule has 3 heterocycles. The molecule has 1 N–H and O–H groups in total. The van der Waals surface area contributed by atoms with E-state index >= 15 is 0 Å². The first kappa shape index (κ1) is 22.4. The molecule has 3 aromatic heterocycles. The molecular formula is C27H22N6OS. The van der Waals surface area contributed by atoms with Gasteiger partial charge in [0.2, 0.25) is 5.13 Å². The molecule has 0 aliphatic carbocycles. The Morgan fingerprint density at radius 2 is 1.60 bits per heavy atom. The molecule has 35 heavy (non-hydrogen) atoms. The van der Waals surface area contributed by atoms with Crippen molar-refractivity contribution in [2.24, 2.45) is 5.10 Å². The summed E-state index contributed by atoms with van der Waals surface area (Å²) in [5, 5.41) is 9.94. The number of nitrogens with zero attached hydrogens (tertiary/aromatic N) is 5. The zero-order chi connectivity index (χ0) is 24.2. The van der Waals surface area contributed by atoms with Crippen molar-refractivity contribution in [3.05, 3.63) is 107 Å². The first-order valence-corrected chi connectivity index (χ1v) is 11.9. The highest BCUT2D eigenvalue weighted by molar-refractivity contribution is 7.16. The van der Waals surface area contributed by atoms with Crippen LogP contribution >= 0.6 is 11.3 Å². The zero-order valence-corrected chi connectivity index (χ0v) is 20.0. The Kier molecular flexibility index (Phi) is 6.28. The standard InChI is InChI=1S/C27H22N6OS/c1-18-25(19(2)30-31-26(34)22-13-15-28-16-14-22)35-27(29-18)33-24(21-11-7-4-8-12-21)17-23(32-33)20-9-5-3-6-10-20/h3-17H,1-2H3,(H,31,34)/b30-19+. The predicted molar refractivity (Wildman–Crippen MR) is 139 cm³/mol. The van der Waals surface area contributed by atoms with Crippen LogP contribution in [-0.4, -0.2) is 31.4 Å². The van der Waals surface area contributed by atoms with Crippen LogP contribution in [0.3, 0.4) is 0 Å². The number of nitrogens with one attached hydrogen (secondary N) is 1. The smallest absolute Gasteiger partial charge is 0.267 e. The Hall–Kier alpha value is -4.43. The van der Waals surface area contributed by atoms with E-state index in [0.717, 1.165) is 38.2 Å². The van der Waals surface area contributed by atoms with Gasteiger partial charge in [-0.15, -0.1) is 0 Å². The summed E-state index contributed by atoms with van der Waals surface area (Å²) >= 11 is 1.48. The summed E-state index contributed by atoms with van der Waals surface area (Å²) in [6.45, 7) is 3.79. The fourth-order valence-corrected chi connectivity index (χ4v) is 4.63. The van der Waals surface area contributed by atoms with Gasteiger partial charge in [-0.25, -0.2) is 15.1 Å². The van der Waals surface area contributed by atoms with Crippen LogP contribution in [0.2, 0.25) is 0 Å². The number of hydrazone groups is 1. The monoisotopic (exact) mass is 478 g/mol. The quantitative estimate of drug-likeness (QED) is 0.257. The largest absolute Gasteiger partial charge is 0.271 e. The number of carbonyl (C=O) groups is 1. The molecule has 0 saturated carbocycles. The van der Waals surface area contributed by atoms with Crippen LogP contribution in [0.5, 0.6) is 0 Å². The molecule has 0 aliphatic rings. The predicted octanol–water partition coefficient (Wildman–Crippen LogP) is 5.52. The van der Waals surface area contributed by atoms with Gasteiger partial charge in [-0.05, 0) is 32.0 Å². The third-order valence-corrected chi connectivity index (χ3v) is 6.65. The van der Waals surface area contributed by atoms with Crippen LogP contribution in [0.25, 0.3) is 27.6 Å². The van der Waals surface area contributed by atoms with Gasteiger partial charge in [-0.3, -0.25) is 9.78 Å². The van der Waals surface area contributed by atoms with E-state index in [9.17, 15) is 4.79 Å². The molecular weight excluding hydrogens is 456 g/mol. The molecule has 8 heteroatoms. The van der Waals surface area contributed by atoms with Crippen LogP contribution in [0.4, 0.5) is 0 Å². The summed E-state index contributed by atoms with van der Waals surface area (Å²) in [7, 11) is 0. The highest BCUT2D eigenvalue weighted by atomic mass is 32.1. The Bertz CT molecular complexity index is 1490. The third kappa shape index (κ3) is 4.78. The van der Waals surface area contributed by atoms with E-state index in [0.29, 0.717) is 11.3 Å². The first-order chi connectivity index (χ1) is 17.1. The van der Waals surface area contributed by atoms with Gasteiger partial charge in [-0.2, -0.15) is 10.2 Å². The molecule has 0 aliphatic heterocycles. The molecule has 0 atom stereocenters. The number of hydrogen-bond donors (Lipinski definition) is 1. The van der Waals surface area contributed by atoms with Crippen molar-refractivity contribution in [2.75, 3.05) is 0 Å². The number of rotatable bonds is 6. The summed E-state index contributed by atoms with van der Waals surface area (Å²) in [5.74, 6) is -0.292. The maximum atomic E-state index is 12.4. The van der Waals surface area contributed by atoms with E-state index in [1.807, 2.05) is 67.1 Å². The van der Waals surface area contributed by atoms with E-state index in [1.165, 1.54) is 11.3 Å². The maximum Gasteiger partial charge on any atom is 0.271 e. The van der Waals surface area contributed by atoms with E-state index in [1.54, 1.807) is 24.5 Å². The van der Waals surface area contributed by atoms with Gasteiger partial charge in [0.25, 0.3) is 5.91 Å². The van der Waals surface area contributed by atoms with Crippen molar-refractivity contribution in [2.45, 2.75) is 13.8 Å². The van der Waals surface area contributed by atoms with Gasteiger partial charge in [0.15, 0.2) is 0 Å². The van der Waals surface area contributed by atoms with Gasteiger partial charge >= 0.3 is 0 Å². The lowest BCUT2D eigenvalue weighted by atomic mass is 10.1. The molecule has 7 nitrogen and oxygen atoms in total. The number of thiazole rings is 1. The topological polar surface area (TPSA) is 85.1 Å². The second kappa shape index (κ2) is 9.82. The molecule has 0 bridgehead atoms. The van der Waals surface area contributed by atoms with Gasteiger partial charge in [-0.1, -0.05) is 72.0 Å². The van der Waals surface area contributed by atoms with Crippen LogP contribution in [-0.2, 0) is 0 Å². The van der Waals surface area contributed by atoms with Gasteiger partial charge in [0, 0.05) is 29.1 Å². The van der Waals surface area contributed by atoms with Crippen molar-refractivity contribution in [3.8, 4) is 27.6 Å². The summed E-state index contributed by atoms with van der Waals surface area (Å²) in [6, 6.07) is 25.6. The highest BCUT2D eigenvalue weighted by Crippen LogP contribution is 2.31. The maximum absolute atomic E-state index is 12.4. The molecule has 5 aromatic rings. The number of aromatic nitrogens is 4. The molecule has 172 valence electrons. The van der Waals surface area contributed by atoms with E-state index in [4.69, 9.17) is 10.1 Å². The molecule has 0 radical (unpaired) electrons. The number of pyridine rings is 1. The van der Waals surface area contributed by atoms with Crippen LogP contribution in [0.1, 0.15) is 27.9 Å². The third-order valence-electron chi connectivity index (χ3n) is 5.41. The van der Waals surface area contributed by atoms with Crippen molar-refractivity contribution in [3.63, 3.8) is 0 Å². The van der Waals surface area contributed by atoms with Crippen molar-refractivity contribution in [1.82, 2.24) is 25.2 Å². The summed E-state index contributed by atoms with van der Waals surface area (Å²) in [6.07, 6.45) is 3.15. The molecule has 0 unspecified atom stereocenters. The molecule has 1 amide bonds. The fourth-order valence-electron chi connectivity index (χ4n) is 3.65. The van der Waals surface area contributed by atoms with E-state index < -0.39 is 0 Å². The average Bonchev–Trinajstić information content (AvgIpc) is 3.53. The van der Waals surface area contributed by atoms with Crippen molar-refractivity contribution < 1.29 is 4.79 Å². The molecule has 5 rings (SSSR count). The van der Waals surface area contributed by atoms with Crippen LogP contribution < -0.4 is 5.43 Å². The minimum atomic E-state index is -0.292. The van der Waals surface area contributed by atoms with Crippen molar-refractivity contribution in [1.29, 1.82) is 0 Å². The highest BCUT2D eigenvalue weighted by Gasteiger charge is 2.18. The average molecular weight is 479 g/mol. The van der Waals surface area contributed by atoms with Gasteiger partial charge in [0.1, 0.15) is 0 Å². The van der Waals surface area contributed by atoms with Gasteiger partial charge in [0.05, 0.1) is 27.7 Å². The van der Waals surface area contributed by atoms with E-state index in [2.05, 4.69) is 33.7 Å². The Morgan fingerprint density at radius 3 is 2.29 bits per heavy atom. The number of hydrogen-bond acceptors (Lipinski definition) is 6. The van der Waals surface area contributed by atoms with Crippen LogP contribution in [0, 0.1) is 6.92 Å². The lowest BCUT2D eigenvalue weighted by Gasteiger charge is -2.03. The second-order valence-electron chi connectivity index (χ2n) is 7.84. The molecule has 2 aromatic carbocycles. The summed E-state index contributed by atoms with van der Waals surface area (Å²) in [5.41, 5.74) is 8.50. The Morgan fingerprint density at radius 1 is 0.943 bits per heavy atom. The minimum Gasteiger partial charge on any atom is -0.267 e. The number of amides is 1. The summed E-state index contributed by atoms with van der Waals surface area (Å²) < 4.78 is 1.88. The Labute approximate surface area is 206 Å². The zero-order valence-electron chi connectivity index (χ0n) is 19.2. The molecule has 0 saturated heterocycles. The molecule has 0 fully saturated rings. The minimum absolute atomic E-state index is 0.292.